The predicted molar refractivity (Wildman–Crippen MR) is 76.0 cm³/mol. The monoisotopic (exact) mass is 324 g/mol. The van der Waals surface area contributed by atoms with Crippen LogP contribution in [0.1, 0.15) is 23.3 Å². The summed E-state index contributed by atoms with van der Waals surface area (Å²) >= 11 is 0. The van der Waals surface area contributed by atoms with Crippen molar-refractivity contribution in [3.63, 3.8) is 0 Å². The lowest BCUT2D eigenvalue weighted by Gasteiger charge is -2.33. The summed E-state index contributed by atoms with van der Waals surface area (Å²) in [7, 11) is 0. The second-order valence-corrected chi connectivity index (χ2v) is 5.52. The van der Waals surface area contributed by atoms with Crippen LogP contribution in [-0.2, 0) is 0 Å². The second kappa shape index (κ2) is 6.02. The number of amides is 1. The van der Waals surface area contributed by atoms with Crippen LogP contribution in [0.15, 0.2) is 36.5 Å². The van der Waals surface area contributed by atoms with Gasteiger partial charge in [0.05, 0.1) is 17.8 Å². The van der Waals surface area contributed by atoms with Gasteiger partial charge in [-0.3, -0.25) is 4.79 Å². The zero-order valence-electron chi connectivity index (χ0n) is 12.2. The van der Waals surface area contributed by atoms with Crippen LogP contribution >= 0.6 is 0 Å². The molecule has 0 saturated carbocycles. The molecule has 1 aliphatic rings. The molecule has 1 amide bonds. The molecule has 23 heavy (non-hydrogen) atoms. The number of para-hydroxylation sites is 1. The van der Waals surface area contributed by atoms with E-state index in [1.807, 2.05) is 18.2 Å². The van der Waals surface area contributed by atoms with Gasteiger partial charge in [0.1, 0.15) is 0 Å². The van der Waals surface area contributed by atoms with Crippen molar-refractivity contribution < 1.29 is 18.0 Å². The lowest BCUT2D eigenvalue weighted by Crippen LogP contribution is -2.44. The van der Waals surface area contributed by atoms with Gasteiger partial charge in [-0.2, -0.15) is 13.2 Å². The Morgan fingerprint density at radius 1 is 1.22 bits per heavy atom. The Morgan fingerprint density at radius 3 is 2.65 bits per heavy atom. The normalized spacial score (nSPS) is 18.9. The summed E-state index contributed by atoms with van der Waals surface area (Å²) in [5.41, 5.74) is 0.780. The van der Waals surface area contributed by atoms with Gasteiger partial charge in [-0.15, -0.1) is 5.10 Å². The maximum atomic E-state index is 12.8. The third-order valence-corrected chi connectivity index (χ3v) is 3.90. The quantitative estimate of drug-likeness (QED) is 0.853. The van der Waals surface area contributed by atoms with Gasteiger partial charge in [-0.25, -0.2) is 4.68 Å². The molecule has 3 rings (SSSR count). The van der Waals surface area contributed by atoms with Gasteiger partial charge < -0.3 is 4.90 Å². The van der Waals surface area contributed by atoms with E-state index in [2.05, 4.69) is 10.3 Å². The number of rotatable bonds is 2. The van der Waals surface area contributed by atoms with Crippen LogP contribution in [0.4, 0.5) is 13.2 Å². The maximum absolute atomic E-state index is 12.8. The van der Waals surface area contributed by atoms with E-state index in [1.54, 1.807) is 12.1 Å². The number of aromatic nitrogens is 3. The van der Waals surface area contributed by atoms with Gasteiger partial charge >= 0.3 is 6.18 Å². The van der Waals surface area contributed by atoms with Crippen LogP contribution in [0, 0.1) is 5.92 Å². The van der Waals surface area contributed by atoms with E-state index < -0.39 is 18.0 Å². The molecule has 0 radical (unpaired) electrons. The molecule has 0 N–H and O–H groups in total. The Morgan fingerprint density at radius 2 is 1.96 bits per heavy atom. The third kappa shape index (κ3) is 3.35. The molecular weight excluding hydrogens is 309 g/mol. The number of hydrogen-bond acceptors (Lipinski definition) is 3. The van der Waals surface area contributed by atoms with Crippen molar-refractivity contribution in [2.24, 2.45) is 5.92 Å². The fraction of sp³-hybridized carbons (Fsp3) is 0.400. The molecule has 0 bridgehead atoms. The Labute approximate surface area is 130 Å². The third-order valence-electron chi connectivity index (χ3n) is 3.90. The van der Waals surface area contributed by atoms with Gasteiger partial charge in [0, 0.05) is 13.1 Å². The highest BCUT2D eigenvalue weighted by Crippen LogP contribution is 2.33. The Balaban J connectivity index is 1.75. The molecule has 1 fully saturated rings. The lowest BCUT2D eigenvalue weighted by molar-refractivity contribution is -0.184. The van der Waals surface area contributed by atoms with Gasteiger partial charge in [-0.1, -0.05) is 23.4 Å². The molecule has 1 aromatic carbocycles. The average Bonchev–Trinajstić information content (AvgIpc) is 3.04. The average molecular weight is 324 g/mol. The number of alkyl halides is 3. The van der Waals surface area contributed by atoms with Crippen molar-refractivity contribution in [1.29, 1.82) is 0 Å². The van der Waals surface area contributed by atoms with Crippen molar-refractivity contribution in [2.75, 3.05) is 13.1 Å². The van der Waals surface area contributed by atoms with Gasteiger partial charge in [0.25, 0.3) is 5.91 Å². The van der Waals surface area contributed by atoms with Crippen molar-refractivity contribution in [2.45, 2.75) is 19.0 Å². The number of carbonyl (C=O) groups excluding carboxylic acids is 1. The zero-order chi connectivity index (χ0) is 16.4. The molecular formula is C15H15F3N4O. The van der Waals surface area contributed by atoms with Crippen molar-refractivity contribution >= 4 is 5.91 Å². The summed E-state index contributed by atoms with van der Waals surface area (Å²) < 4.78 is 39.9. The highest BCUT2D eigenvalue weighted by Gasteiger charge is 2.43. The molecule has 0 aliphatic carbocycles. The minimum atomic E-state index is -4.28. The van der Waals surface area contributed by atoms with E-state index in [4.69, 9.17) is 0 Å². The molecule has 0 unspecified atom stereocenters. The predicted octanol–water partition coefficient (Wildman–Crippen LogP) is 2.68. The first-order chi connectivity index (χ1) is 10.9. The van der Waals surface area contributed by atoms with E-state index in [1.165, 1.54) is 15.8 Å². The molecule has 8 heteroatoms. The van der Waals surface area contributed by atoms with E-state index in [9.17, 15) is 18.0 Å². The second-order valence-electron chi connectivity index (χ2n) is 5.52. The van der Waals surface area contributed by atoms with Crippen LogP contribution in [0.25, 0.3) is 5.69 Å². The van der Waals surface area contributed by atoms with Crippen molar-refractivity contribution in [3.05, 3.63) is 42.2 Å². The minimum absolute atomic E-state index is 0.0525. The highest BCUT2D eigenvalue weighted by molar-refractivity contribution is 5.92. The summed E-state index contributed by atoms with van der Waals surface area (Å²) in [6.07, 6.45) is -2.44. The van der Waals surface area contributed by atoms with Crippen LogP contribution in [0.5, 0.6) is 0 Å². The van der Waals surface area contributed by atoms with Crippen LogP contribution in [0.2, 0.25) is 0 Å². The van der Waals surface area contributed by atoms with Crippen LogP contribution in [-0.4, -0.2) is 45.1 Å². The summed E-state index contributed by atoms with van der Waals surface area (Å²) in [6, 6.07) is 9.07. The number of piperidine rings is 1. The van der Waals surface area contributed by atoms with E-state index in [0.29, 0.717) is 13.0 Å². The van der Waals surface area contributed by atoms with E-state index in [-0.39, 0.29) is 18.7 Å². The first-order valence-corrected chi connectivity index (χ1v) is 7.29. The number of nitrogens with zero attached hydrogens (tertiary/aromatic N) is 4. The number of benzene rings is 1. The van der Waals surface area contributed by atoms with Crippen molar-refractivity contribution in [3.8, 4) is 5.69 Å². The summed E-state index contributed by atoms with van der Waals surface area (Å²) in [6.45, 7) is -0.00978. The summed E-state index contributed by atoms with van der Waals surface area (Å²) in [4.78, 5) is 13.6. The van der Waals surface area contributed by atoms with E-state index in [0.717, 1.165) is 5.69 Å². The fourth-order valence-electron chi connectivity index (χ4n) is 2.66. The van der Waals surface area contributed by atoms with Crippen LogP contribution in [0.3, 0.4) is 0 Å². The molecule has 1 aromatic heterocycles. The highest BCUT2D eigenvalue weighted by atomic mass is 19.4. The molecule has 2 heterocycles. The van der Waals surface area contributed by atoms with Crippen molar-refractivity contribution in [1.82, 2.24) is 19.9 Å². The number of likely N-dealkylation sites (tertiary alicyclic amines) is 1. The minimum Gasteiger partial charge on any atom is -0.337 e. The molecule has 5 nitrogen and oxygen atoms in total. The maximum Gasteiger partial charge on any atom is 0.393 e. The van der Waals surface area contributed by atoms with E-state index >= 15 is 0 Å². The first kappa shape index (κ1) is 15.5. The lowest BCUT2D eigenvalue weighted by atomic mass is 9.97. The van der Waals surface area contributed by atoms with Gasteiger partial charge in [0.2, 0.25) is 0 Å². The standard InChI is InChI=1S/C15H15F3N4O/c16-15(17,18)11-5-4-8-21(9-11)14(23)13-10-22(20-19-13)12-6-2-1-3-7-12/h1-3,6-7,10-11H,4-5,8-9H2/t11-/m1/s1. The molecule has 1 saturated heterocycles. The SMILES string of the molecule is O=C(c1cn(-c2ccccc2)nn1)N1CCC[C@@H](C(F)(F)F)C1. The molecule has 122 valence electrons. The first-order valence-electron chi connectivity index (χ1n) is 7.29. The van der Waals surface area contributed by atoms with Crippen LogP contribution < -0.4 is 0 Å². The Kier molecular flexibility index (Phi) is 4.06. The summed E-state index contributed by atoms with van der Waals surface area (Å²) in [5, 5.41) is 7.66. The zero-order valence-corrected chi connectivity index (χ0v) is 12.2. The Hall–Kier alpha value is -2.38. The molecule has 1 aliphatic heterocycles. The molecule has 1 atom stereocenters. The number of halogens is 3. The summed E-state index contributed by atoms with van der Waals surface area (Å²) in [5.74, 6) is -1.98. The topological polar surface area (TPSA) is 51.0 Å². The Bertz CT molecular complexity index is 684. The number of hydrogen-bond donors (Lipinski definition) is 0. The smallest absolute Gasteiger partial charge is 0.337 e. The largest absolute Gasteiger partial charge is 0.393 e. The van der Waals surface area contributed by atoms with Gasteiger partial charge in [-0.05, 0) is 25.0 Å². The molecule has 0 spiro atoms. The fourth-order valence-corrected chi connectivity index (χ4v) is 2.66. The molecule has 2 aromatic rings. The number of carbonyl (C=O) groups is 1. The van der Waals surface area contributed by atoms with Gasteiger partial charge in [0.15, 0.2) is 5.69 Å².